The number of nitriles is 1. The number of allylic oxidation sites excluding steroid dienone is 2. The minimum Gasteiger partial charge on any atom is -0.490 e. The molecular formula is C20H23ClN2O5. The lowest BCUT2D eigenvalue weighted by atomic mass is 9.82. The van der Waals surface area contributed by atoms with Crippen LogP contribution in [0.25, 0.3) is 0 Å². The van der Waals surface area contributed by atoms with Gasteiger partial charge in [-0.05, 0) is 26.8 Å². The van der Waals surface area contributed by atoms with Gasteiger partial charge in [0.25, 0.3) is 0 Å². The quantitative estimate of drug-likeness (QED) is 0.521. The number of para-hydroxylation sites is 1. The van der Waals surface area contributed by atoms with E-state index in [1.54, 1.807) is 25.1 Å². The zero-order valence-electron chi connectivity index (χ0n) is 16.1. The molecule has 8 heteroatoms. The van der Waals surface area contributed by atoms with E-state index in [0.717, 1.165) is 0 Å². The number of alkyl halides is 1. The SMILES string of the molecule is CCOC(=O)C1=C(CCl)OC(N)=C(C#N)[C@H]1c1cccc(OCC)c1OCC. The molecule has 0 aromatic heterocycles. The number of hydrogen-bond donors (Lipinski definition) is 1. The van der Waals surface area contributed by atoms with Gasteiger partial charge in [-0.1, -0.05) is 12.1 Å². The van der Waals surface area contributed by atoms with Gasteiger partial charge in [-0.25, -0.2) is 4.79 Å². The predicted octanol–water partition coefficient (Wildman–Crippen LogP) is 3.35. The monoisotopic (exact) mass is 406 g/mol. The first-order valence-electron chi connectivity index (χ1n) is 8.96. The van der Waals surface area contributed by atoms with E-state index in [0.29, 0.717) is 30.3 Å². The molecular weight excluding hydrogens is 384 g/mol. The first-order valence-corrected chi connectivity index (χ1v) is 9.49. The summed E-state index contributed by atoms with van der Waals surface area (Å²) < 4.78 is 22.1. The molecule has 28 heavy (non-hydrogen) atoms. The summed E-state index contributed by atoms with van der Waals surface area (Å²) in [6.45, 7) is 6.32. The van der Waals surface area contributed by atoms with Crippen molar-refractivity contribution >= 4 is 17.6 Å². The maximum Gasteiger partial charge on any atom is 0.338 e. The van der Waals surface area contributed by atoms with E-state index < -0.39 is 11.9 Å². The summed E-state index contributed by atoms with van der Waals surface area (Å²) >= 11 is 6.00. The standard InChI is InChI=1S/C20H23ClN2O5/c1-4-25-14-9-7-8-12(18(14)26-5-2)16-13(11-22)19(23)28-15(10-21)17(16)20(24)27-6-3/h7-9,16H,4-6,10,23H2,1-3H3/t16-/m1/s1. The van der Waals surface area contributed by atoms with Gasteiger partial charge in [-0.2, -0.15) is 5.26 Å². The Hall–Kier alpha value is -2.85. The molecule has 1 heterocycles. The zero-order valence-corrected chi connectivity index (χ0v) is 16.8. The molecule has 0 bridgehead atoms. The first-order chi connectivity index (χ1) is 13.5. The molecule has 1 aliphatic rings. The number of nitrogens with zero attached hydrogens (tertiary/aromatic N) is 1. The van der Waals surface area contributed by atoms with Crippen LogP contribution in [-0.4, -0.2) is 31.7 Å². The molecule has 0 aliphatic carbocycles. The zero-order chi connectivity index (χ0) is 20.7. The van der Waals surface area contributed by atoms with Crippen molar-refractivity contribution in [3.8, 4) is 17.6 Å². The third kappa shape index (κ3) is 4.18. The Morgan fingerprint density at radius 2 is 1.96 bits per heavy atom. The van der Waals surface area contributed by atoms with Gasteiger partial charge in [-0.3, -0.25) is 0 Å². The lowest BCUT2D eigenvalue weighted by Gasteiger charge is -2.29. The van der Waals surface area contributed by atoms with Crippen LogP contribution in [0.2, 0.25) is 0 Å². The van der Waals surface area contributed by atoms with Crippen molar-refractivity contribution < 1.29 is 23.7 Å². The van der Waals surface area contributed by atoms with Crippen molar-refractivity contribution in [2.24, 2.45) is 5.73 Å². The summed E-state index contributed by atoms with van der Waals surface area (Å²) in [4.78, 5) is 12.7. The molecule has 0 saturated carbocycles. The highest BCUT2D eigenvalue weighted by atomic mass is 35.5. The van der Waals surface area contributed by atoms with Gasteiger partial charge < -0.3 is 24.7 Å². The molecule has 1 aromatic rings. The van der Waals surface area contributed by atoms with E-state index in [2.05, 4.69) is 0 Å². The largest absolute Gasteiger partial charge is 0.490 e. The van der Waals surface area contributed by atoms with Crippen molar-refractivity contribution in [3.05, 3.63) is 46.6 Å². The summed E-state index contributed by atoms with van der Waals surface area (Å²) in [5.74, 6) is -0.638. The summed E-state index contributed by atoms with van der Waals surface area (Å²) in [6, 6.07) is 7.31. The Morgan fingerprint density at radius 1 is 1.25 bits per heavy atom. The van der Waals surface area contributed by atoms with Crippen LogP contribution in [0.5, 0.6) is 11.5 Å². The highest BCUT2D eigenvalue weighted by Gasteiger charge is 2.39. The van der Waals surface area contributed by atoms with Crippen LogP contribution in [-0.2, 0) is 14.3 Å². The highest BCUT2D eigenvalue weighted by molar-refractivity contribution is 6.19. The minimum absolute atomic E-state index is 0.0755. The summed E-state index contributed by atoms with van der Waals surface area (Å²) in [6.07, 6.45) is 0. The van der Waals surface area contributed by atoms with Crippen molar-refractivity contribution in [2.45, 2.75) is 26.7 Å². The number of rotatable bonds is 8. The Morgan fingerprint density at radius 3 is 2.54 bits per heavy atom. The van der Waals surface area contributed by atoms with Crippen LogP contribution >= 0.6 is 11.6 Å². The fourth-order valence-electron chi connectivity index (χ4n) is 2.99. The van der Waals surface area contributed by atoms with Gasteiger partial charge in [0.2, 0.25) is 5.88 Å². The molecule has 1 atom stereocenters. The van der Waals surface area contributed by atoms with E-state index in [9.17, 15) is 10.1 Å². The van der Waals surface area contributed by atoms with Crippen LogP contribution < -0.4 is 15.2 Å². The van der Waals surface area contributed by atoms with Crippen molar-refractivity contribution in [1.82, 2.24) is 0 Å². The van der Waals surface area contributed by atoms with E-state index in [1.165, 1.54) is 0 Å². The molecule has 0 fully saturated rings. The summed E-state index contributed by atoms with van der Waals surface area (Å²) in [5.41, 5.74) is 6.70. The average Bonchev–Trinajstić information content (AvgIpc) is 2.68. The maximum atomic E-state index is 12.7. The number of hydrogen-bond acceptors (Lipinski definition) is 7. The van der Waals surface area contributed by atoms with Gasteiger partial charge in [-0.15, -0.1) is 11.6 Å². The van der Waals surface area contributed by atoms with E-state index in [1.807, 2.05) is 19.9 Å². The number of benzene rings is 1. The second-order valence-corrected chi connectivity index (χ2v) is 5.92. The summed E-state index contributed by atoms with van der Waals surface area (Å²) in [5, 5.41) is 9.73. The highest BCUT2D eigenvalue weighted by Crippen LogP contribution is 2.46. The fourth-order valence-corrected chi connectivity index (χ4v) is 3.19. The number of carbonyl (C=O) groups excluding carboxylic acids is 1. The van der Waals surface area contributed by atoms with Gasteiger partial charge in [0.05, 0.1) is 37.2 Å². The van der Waals surface area contributed by atoms with E-state index >= 15 is 0 Å². The molecule has 150 valence electrons. The number of nitrogens with two attached hydrogens (primary N) is 1. The van der Waals surface area contributed by atoms with Gasteiger partial charge >= 0.3 is 5.97 Å². The molecule has 0 radical (unpaired) electrons. The lowest BCUT2D eigenvalue weighted by molar-refractivity contribution is -0.139. The molecule has 1 aliphatic heterocycles. The fraction of sp³-hybridized carbons (Fsp3) is 0.400. The van der Waals surface area contributed by atoms with Gasteiger partial charge in [0.1, 0.15) is 17.4 Å². The molecule has 7 nitrogen and oxygen atoms in total. The normalized spacial score (nSPS) is 16.3. The van der Waals surface area contributed by atoms with Crippen LogP contribution in [0.15, 0.2) is 41.0 Å². The second-order valence-electron chi connectivity index (χ2n) is 5.66. The number of esters is 1. The van der Waals surface area contributed by atoms with E-state index in [-0.39, 0.29) is 35.3 Å². The maximum absolute atomic E-state index is 12.7. The molecule has 0 amide bonds. The van der Waals surface area contributed by atoms with Crippen molar-refractivity contribution in [1.29, 1.82) is 5.26 Å². The average molecular weight is 407 g/mol. The number of carbonyl (C=O) groups is 1. The Kier molecular flexibility index (Phi) is 7.59. The van der Waals surface area contributed by atoms with Crippen LogP contribution in [0, 0.1) is 11.3 Å². The van der Waals surface area contributed by atoms with Gasteiger partial charge in [0, 0.05) is 5.56 Å². The molecule has 0 spiro atoms. The van der Waals surface area contributed by atoms with Crippen LogP contribution in [0.3, 0.4) is 0 Å². The lowest BCUT2D eigenvalue weighted by Crippen LogP contribution is -2.27. The molecule has 0 unspecified atom stereocenters. The van der Waals surface area contributed by atoms with Crippen LogP contribution in [0.4, 0.5) is 0 Å². The topological polar surface area (TPSA) is 104 Å². The smallest absolute Gasteiger partial charge is 0.338 e. The minimum atomic E-state index is -0.853. The van der Waals surface area contributed by atoms with Crippen molar-refractivity contribution in [2.75, 3.05) is 25.7 Å². The molecule has 2 rings (SSSR count). The molecule has 1 aromatic carbocycles. The van der Waals surface area contributed by atoms with Gasteiger partial charge in [0.15, 0.2) is 11.5 Å². The number of halogens is 1. The Balaban J connectivity index is 2.77. The number of ether oxygens (including phenoxy) is 4. The first kappa shape index (κ1) is 21.5. The molecule has 0 saturated heterocycles. The van der Waals surface area contributed by atoms with E-state index in [4.69, 9.17) is 36.3 Å². The third-order valence-electron chi connectivity index (χ3n) is 4.02. The Labute approximate surface area is 169 Å². The third-order valence-corrected chi connectivity index (χ3v) is 4.27. The summed E-state index contributed by atoms with van der Waals surface area (Å²) in [7, 11) is 0. The second kappa shape index (κ2) is 9.90. The van der Waals surface area contributed by atoms with Crippen molar-refractivity contribution in [3.63, 3.8) is 0 Å². The molecule has 2 N–H and O–H groups in total. The van der Waals surface area contributed by atoms with Crippen LogP contribution in [0.1, 0.15) is 32.3 Å². The Bertz CT molecular complexity index is 841. The predicted molar refractivity (Wildman–Crippen MR) is 104 cm³/mol.